The van der Waals surface area contributed by atoms with Gasteiger partial charge in [0.1, 0.15) is 8.80 Å². The molecule has 1 heterocycles. The van der Waals surface area contributed by atoms with E-state index in [2.05, 4.69) is 60.7 Å². The van der Waals surface area contributed by atoms with Gasteiger partial charge in [0.15, 0.2) is 0 Å². The topological polar surface area (TPSA) is 61.2 Å². The third-order valence-electron chi connectivity index (χ3n) is 7.05. The maximum atomic E-state index is 13.7. The molecule has 0 aliphatic carbocycles. The van der Waals surface area contributed by atoms with Gasteiger partial charge in [0.05, 0.1) is 16.5 Å². The van der Waals surface area contributed by atoms with E-state index in [9.17, 15) is 13.7 Å². The fourth-order valence-electron chi connectivity index (χ4n) is 4.96. The highest BCUT2D eigenvalue weighted by atomic mass is 32.2. The molecule has 189 valence electrons. The molecule has 5 rings (SSSR count). The van der Waals surface area contributed by atoms with Crippen LogP contribution in [0.15, 0.2) is 120 Å². The molecule has 4 aromatic rings. The van der Waals surface area contributed by atoms with Crippen molar-refractivity contribution < 1.29 is 8.42 Å². The Labute approximate surface area is 227 Å². The molecule has 1 aliphatic rings. The van der Waals surface area contributed by atoms with Crippen LogP contribution in [0.3, 0.4) is 0 Å². The molecule has 6 heteroatoms. The minimum absolute atomic E-state index is 0.0835. The fraction of sp³-hybridized carbons (Fsp3) is 0.156. The summed E-state index contributed by atoms with van der Waals surface area (Å²) in [6.45, 7) is 2.77. The standard InChI is InChI=1S/C32H29N2O2SSi/c1-25-12-18-30(19-13-25)37(35,36)34-22-28(20-26-14-16-27(21-33)17-15-26)29(23-34)24-38(31-8-4-2-5-9-31)32-10-6-3-7-11-32/h2-20,29H,22-24H2,1H3/b28-20+. The number of benzene rings is 4. The summed E-state index contributed by atoms with van der Waals surface area (Å²) in [6.07, 6.45) is 2.12. The van der Waals surface area contributed by atoms with Crippen LogP contribution in [0.25, 0.3) is 6.08 Å². The van der Waals surface area contributed by atoms with Crippen molar-refractivity contribution in [2.75, 3.05) is 13.1 Å². The van der Waals surface area contributed by atoms with Crippen molar-refractivity contribution in [1.29, 1.82) is 5.26 Å². The first-order chi connectivity index (χ1) is 18.4. The molecular weight excluding hydrogens is 505 g/mol. The Morgan fingerprint density at radius 3 is 2.00 bits per heavy atom. The lowest BCUT2D eigenvalue weighted by Gasteiger charge is -2.21. The lowest BCUT2D eigenvalue weighted by atomic mass is 10.0. The van der Waals surface area contributed by atoms with Gasteiger partial charge in [-0.3, -0.25) is 0 Å². The number of nitriles is 1. The lowest BCUT2D eigenvalue weighted by molar-refractivity contribution is 0.464. The maximum absolute atomic E-state index is 13.7. The van der Waals surface area contributed by atoms with Crippen LogP contribution in [0.5, 0.6) is 0 Å². The van der Waals surface area contributed by atoms with Crippen molar-refractivity contribution in [3.05, 3.63) is 131 Å². The largest absolute Gasteiger partial charge is 0.243 e. The average Bonchev–Trinajstić information content (AvgIpc) is 3.36. The number of aryl methyl sites for hydroxylation is 1. The second-order valence-corrected chi connectivity index (χ2v) is 14.1. The summed E-state index contributed by atoms with van der Waals surface area (Å²) in [5.41, 5.74) is 3.73. The minimum Gasteiger partial charge on any atom is -0.207 e. The van der Waals surface area contributed by atoms with Crippen molar-refractivity contribution in [3.63, 3.8) is 0 Å². The highest BCUT2D eigenvalue weighted by molar-refractivity contribution is 7.89. The molecule has 0 aromatic heterocycles. The van der Waals surface area contributed by atoms with Gasteiger partial charge >= 0.3 is 0 Å². The van der Waals surface area contributed by atoms with Gasteiger partial charge in [-0.05, 0) is 48.7 Å². The van der Waals surface area contributed by atoms with Gasteiger partial charge in [0, 0.05) is 13.1 Å². The summed E-state index contributed by atoms with van der Waals surface area (Å²) >= 11 is 0. The summed E-state index contributed by atoms with van der Waals surface area (Å²) < 4.78 is 29.0. The van der Waals surface area contributed by atoms with Gasteiger partial charge in [-0.1, -0.05) is 113 Å². The molecule has 0 saturated carbocycles. The fourth-order valence-corrected chi connectivity index (χ4v) is 9.31. The second-order valence-electron chi connectivity index (χ2n) is 9.68. The van der Waals surface area contributed by atoms with Gasteiger partial charge < -0.3 is 0 Å². The third-order valence-corrected chi connectivity index (χ3v) is 11.8. The molecule has 38 heavy (non-hydrogen) atoms. The van der Waals surface area contributed by atoms with E-state index in [-0.39, 0.29) is 5.92 Å². The third kappa shape index (κ3) is 5.71. The van der Waals surface area contributed by atoms with Crippen LogP contribution in [0.2, 0.25) is 6.04 Å². The maximum Gasteiger partial charge on any atom is 0.243 e. The van der Waals surface area contributed by atoms with Gasteiger partial charge in [-0.2, -0.15) is 9.57 Å². The number of hydrogen-bond donors (Lipinski definition) is 0. The Morgan fingerprint density at radius 2 is 1.45 bits per heavy atom. The van der Waals surface area contributed by atoms with Crippen molar-refractivity contribution in [2.24, 2.45) is 5.92 Å². The predicted molar refractivity (Wildman–Crippen MR) is 155 cm³/mol. The van der Waals surface area contributed by atoms with E-state index in [1.54, 1.807) is 28.6 Å². The van der Waals surface area contributed by atoms with Crippen molar-refractivity contribution in [1.82, 2.24) is 4.31 Å². The molecule has 1 radical (unpaired) electrons. The summed E-state index contributed by atoms with van der Waals surface area (Å²) in [7, 11) is -4.79. The van der Waals surface area contributed by atoms with Crippen LogP contribution in [0.1, 0.15) is 16.7 Å². The first-order valence-corrected chi connectivity index (χ1v) is 15.8. The Morgan fingerprint density at radius 1 is 0.868 bits per heavy atom. The first kappa shape index (κ1) is 25.9. The second kappa shape index (κ2) is 11.3. The molecule has 4 nitrogen and oxygen atoms in total. The number of rotatable bonds is 7. The highest BCUT2D eigenvalue weighted by Gasteiger charge is 2.37. The number of nitrogens with zero attached hydrogens (tertiary/aromatic N) is 2. The van der Waals surface area contributed by atoms with E-state index in [0.717, 1.165) is 22.7 Å². The lowest BCUT2D eigenvalue weighted by Crippen LogP contribution is -2.43. The molecule has 1 aliphatic heterocycles. The number of hydrogen-bond acceptors (Lipinski definition) is 3. The Hall–Kier alpha value is -3.76. The smallest absolute Gasteiger partial charge is 0.207 e. The molecule has 0 amide bonds. The summed E-state index contributed by atoms with van der Waals surface area (Å²) in [4.78, 5) is 0.332. The van der Waals surface area contributed by atoms with Crippen LogP contribution in [0.4, 0.5) is 0 Å². The van der Waals surface area contributed by atoms with Gasteiger partial charge in [0.25, 0.3) is 0 Å². The molecule has 4 aromatic carbocycles. The van der Waals surface area contributed by atoms with E-state index in [1.807, 2.05) is 43.3 Å². The summed E-state index contributed by atoms with van der Waals surface area (Å²) in [6, 6.07) is 38.8. The van der Waals surface area contributed by atoms with Crippen molar-refractivity contribution >= 4 is 35.3 Å². The van der Waals surface area contributed by atoms with Crippen LogP contribution in [0, 0.1) is 24.2 Å². The Bertz CT molecular complexity index is 1520. The zero-order valence-electron chi connectivity index (χ0n) is 21.3. The van der Waals surface area contributed by atoms with Gasteiger partial charge in [-0.25, -0.2) is 8.42 Å². The first-order valence-electron chi connectivity index (χ1n) is 12.7. The normalized spacial score (nSPS) is 17.1. The van der Waals surface area contributed by atoms with Crippen molar-refractivity contribution in [3.8, 4) is 6.07 Å². The molecule has 1 fully saturated rings. The quantitative estimate of drug-likeness (QED) is 0.318. The Balaban J connectivity index is 1.52. The van der Waals surface area contributed by atoms with E-state index >= 15 is 0 Å². The van der Waals surface area contributed by atoms with Crippen LogP contribution in [-0.4, -0.2) is 34.6 Å². The van der Waals surface area contributed by atoms with E-state index in [1.165, 1.54) is 10.4 Å². The van der Waals surface area contributed by atoms with Gasteiger partial charge in [-0.15, -0.1) is 0 Å². The molecule has 0 bridgehead atoms. The summed E-state index contributed by atoms with van der Waals surface area (Å²) in [5.74, 6) is 0.0835. The molecule has 1 saturated heterocycles. The number of sulfonamides is 1. The molecule has 0 spiro atoms. The van der Waals surface area contributed by atoms with Crippen LogP contribution < -0.4 is 10.4 Å². The monoisotopic (exact) mass is 533 g/mol. The van der Waals surface area contributed by atoms with E-state index < -0.39 is 18.8 Å². The average molecular weight is 534 g/mol. The predicted octanol–water partition coefficient (Wildman–Crippen LogP) is 4.88. The zero-order chi connectivity index (χ0) is 26.5. The molecule has 0 N–H and O–H groups in total. The van der Waals surface area contributed by atoms with Crippen LogP contribution >= 0.6 is 0 Å². The molecular formula is C32H29N2O2SSi. The minimum atomic E-state index is -3.63. The summed E-state index contributed by atoms with van der Waals surface area (Å²) in [5, 5.41) is 11.8. The van der Waals surface area contributed by atoms with E-state index in [4.69, 9.17) is 0 Å². The van der Waals surface area contributed by atoms with Gasteiger partial charge in [0.2, 0.25) is 10.0 Å². The van der Waals surface area contributed by atoms with E-state index in [0.29, 0.717) is 23.5 Å². The van der Waals surface area contributed by atoms with Crippen molar-refractivity contribution in [2.45, 2.75) is 17.9 Å². The Kier molecular flexibility index (Phi) is 7.71. The molecule has 1 unspecified atom stereocenters. The van der Waals surface area contributed by atoms with Crippen LogP contribution in [-0.2, 0) is 10.0 Å². The molecule has 1 atom stereocenters. The highest BCUT2D eigenvalue weighted by Crippen LogP contribution is 2.33. The SMILES string of the molecule is Cc1ccc(S(=O)(=O)N2C/C(=C\c3ccc(C#N)cc3)C(C[Si](c3ccccc3)c3ccccc3)C2)cc1. The zero-order valence-corrected chi connectivity index (χ0v) is 23.1.